The predicted molar refractivity (Wildman–Crippen MR) is 85.9 cm³/mol. The van der Waals surface area contributed by atoms with Crippen LogP contribution in [-0.4, -0.2) is 22.8 Å². The van der Waals surface area contributed by atoms with Gasteiger partial charge < -0.3 is 14.7 Å². The maximum Gasteiger partial charge on any atom is 0.336 e. The van der Waals surface area contributed by atoms with Crippen LogP contribution in [0.3, 0.4) is 0 Å². The number of esters is 1. The Hall–Kier alpha value is -3.35. The van der Waals surface area contributed by atoms with Gasteiger partial charge in [0.15, 0.2) is 0 Å². The van der Waals surface area contributed by atoms with E-state index < -0.39 is 11.1 Å². The number of phenolic OH excluding ortho intramolecular Hbond substituents is 1. The number of carbonyl (C=O) groups is 1. The van der Waals surface area contributed by atoms with Crippen molar-refractivity contribution in [2.75, 3.05) is 6.61 Å². The molecule has 0 atom stereocenters. The van der Waals surface area contributed by atoms with E-state index in [1.54, 1.807) is 42.5 Å². The molecule has 0 radical (unpaired) electrons. The highest BCUT2D eigenvalue weighted by Crippen LogP contribution is 2.15. The number of rotatable bonds is 7. The van der Waals surface area contributed by atoms with E-state index in [-0.39, 0.29) is 12.4 Å². The summed E-state index contributed by atoms with van der Waals surface area (Å²) in [5.74, 6) is -0.0664. The van der Waals surface area contributed by atoms with Gasteiger partial charge in [-0.3, -0.25) is 0 Å². The van der Waals surface area contributed by atoms with Crippen LogP contribution in [-0.2, 0) is 16.1 Å². The molecule has 7 heteroatoms. The van der Waals surface area contributed by atoms with Gasteiger partial charge in [0, 0.05) is 6.08 Å². The Morgan fingerprint density at radius 3 is 2.67 bits per heavy atom. The number of hydrogen-bond acceptors (Lipinski definition) is 6. The molecule has 0 aliphatic carbocycles. The summed E-state index contributed by atoms with van der Waals surface area (Å²) in [6.45, 7) is -0.0643. The minimum atomic E-state index is -0.849. The van der Waals surface area contributed by atoms with Gasteiger partial charge in [-0.05, 0) is 47.9 Å². The van der Waals surface area contributed by atoms with Gasteiger partial charge in [-0.15, -0.1) is 10.1 Å². The summed E-state index contributed by atoms with van der Waals surface area (Å²) in [6.07, 6.45) is 3.17. The first kappa shape index (κ1) is 17.0. The molecule has 0 aliphatic heterocycles. The normalized spacial score (nSPS) is 10.5. The predicted octanol–water partition coefficient (Wildman–Crippen LogP) is 2.76. The van der Waals surface area contributed by atoms with Crippen LogP contribution < -0.4 is 4.74 Å². The summed E-state index contributed by atoms with van der Waals surface area (Å²) in [4.78, 5) is 26.1. The lowest BCUT2D eigenvalue weighted by Gasteiger charge is -2.04. The smallest absolute Gasteiger partial charge is 0.336 e. The molecule has 2 rings (SSSR count). The monoisotopic (exact) mass is 329 g/mol. The molecule has 0 spiro atoms. The summed E-state index contributed by atoms with van der Waals surface area (Å²) in [6, 6.07) is 13.0. The van der Waals surface area contributed by atoms with Crippen LogP contribution in [0.5, 0.6) is 11.5 Å². The molecular formula is C17H15NO6. The lowest BCUT2D eigenvalue weighted by atomic mass is 10.1. The van der Waals surface area contributed by atoms with Crippen molar-refractivity contribution < 1.29 is 24.6 Å². The molecule has 2 aromatic carbocycles. The van der Waals surface area contributed by atoms with Gasteiger partial charge >= 0.3 is 5.97 Å². The fourth-order valence-electron chi connectivity index (χ4n) is 1.90. The van der Waals surface area contributed by atoms with Gasteiger partial charge in [0.05, 0.1) is 0 Å². The molecule has 0 amide bonds. The molecule has 124 valence electrons. The number of hydrogen-bond donors (Lipinski definition) is 1. The Morgan fingerprint density at radius 1 is 1.21 bits per heavy atom. The summed E-state index contributed by atoms with van der Waals surface area (Å²) in [5.41, 5.74) is 1.50. The average Bonchev–Trinajstić information content (AvgIpc) is 2.54. The third-order valence-electron chi connectivity index (χ3n) is 3.01. The standard InChI is InChI=1S/C17H15NO6/c19-15-7-4-13(5-8-15)6-9-17(20)24-16-3-1-2-14(12-16)10-11-23-18(21)22/h1-9,12,19H,10-11H2. The van der Waals surface area contributed by atoms with Crippen molar-refractivity contribution in [2.24, 2.45) is 0 Å². The molecule has 7 nitrogen and oxygen atoms in total. The quantitative estimate of drug-likeness (QED) is 0.276. The summed E-state index contributed by atoms with van der Waals surface area (Å²) in [5, 5.41) is 18.4. The number of aromatic hydroxyl groups is 1. The first-order valence-electron chi connectivity index (χ1n) is 7.08. The van der Waals surface area contributed by atoms with Gasteiger partial charge in [-0.1, -0.05) is 24.3 Å². The lowest BCUT2D eigenvalue weighted by Crippen LogP contribution is -2.06. The van der Waals surface area contributed by atoms with Gasteiger partial charge in [0.1, 0.15) is 18.1 Å². The first-order valence-corrected chi connectivity index (χ1v) is 7.08. The molecule has 0 heterocycles. The summed E-state index contributed by atoms with van der Waals surface area (Å²) >= 11 is 0. The van der Waals surface area contributed by atoms with E-state index in [0.29, 0.717) is 12.2 Å². The van der Waals surface area contributed by atoms with Crippen molar-refractivity contribution in [3.8, 4) is 11.5 Å². The van der Waals surface area contributed by atoms with Crippen molar-refractivity contribution in [3.05, 3.63) is 75.8 Å². The SMILES string of the molecule is O=C(C=Cc1ccc(O)cc1)Oc1cccc(CCO[N+](=O)[O-])c1. The number of phenols is 1. The van der Waals surface area contributed by atoms with E-state index in [1.807, 2.05) is 0 Å². The Morgan fingerprint density at radius 2 is 1.96 bits per heavy atom. The highest BCUT2D eigenvalue weighted by Gasteiger charge is 2.03. The molecule has 1 N–H and O–H groups in total. The minimum Gasteiger partial charge on any atom is -0.508 e. The van der Waals surface area contributed by atoms with Crippen molar-refractivity contribution >= 4 is 12.0 Å². The van der Waals surface area contributed by atoms with E-state index in [9.17, 15) is 20.0 Å². The molecule has 24 heavy (non-hydrogen) atoms. The second-order valence-electron chi connectivity index (χ2n) is 4.80. The lowest BCUT2D eigenvalue weighted by molar-refractivity contribution is -0.757. The van der Waals surface area contributed by atoms with E-state index in [2.05, 4.69) is 4.84 Å². The van der Waals surface area contributed by atoms with Crippen molar-refractivity contribution in [2.45, 2.75) is 6.42 Å². The van der Waals surface area contributed by atoms with Crippen molar-refractivity contribution in [3.63, 3.8) is 0 Å². The molecule has 0 saturated carbocycles. The van der Waals surface area contributed by atoms with E-state index in [1.165, 1.54) is 18.2 Å². The topological polar surface area (TPSA) is 98.9 Å². The molecular weight excluding hydrogens is 314 g/mol. The minimum absolute atomic E-state index is 0.0643. The molecule has 0 saturated heterocycles. The van der Waals surface area contributed by atoms with Crippen molar-refractivity contribution in [1.82, 2.24) is 0 Å². The fraction of sp³-hybridized carbons (Fsp3) is 0.118. The van der Waals surface area contributed by atoms with E-state index in [0.717, 1.165) is 11.1 Å². The first-order chi connectivity index (χ1) is 11.5. The summed E-state index contributed by atoms with van der Waals surface area (Å²) < 4.78 is 5.18. The highest BCUT2D eigenvalue weighted by molar-refractivity contribution is 5.88. The third-order valence-corrected chi connectivity index (χ3v) is 3.01. The van der Waals surface area contributed by atoms with Crippen LogP contribution in [0, 0.1) is 10.1 Å². The zero-order chi connectivity index (χ0) is 17.4. The van der Waals surface area contributed by atoms with Gasteiger partial charge in [0.25, 0.3) is 5.09 Å². The average molecular weight is 329 g/mol. The van der Waals surface area contributed by atoms with Crippen LogP contribution in [0.2, 0.25) is 0 Å². The Labute approximate surface area is 137 Å². The second-order valence-corrected chi connectivity index (χ2v) is 4.80. The summed E-state index contributed by atoms with van der Waals surface area (Å²) in [7, 11) is 0. The molecule has 0 unspecified atom stereocenters. The molecule has 0 aliphatic rings. The van der Waals surface area contributed by atoms with Crippen LogP contribution in [0.25, 0.3) is 6.08 Å². The second kappa shape index (κ2) is 8.33. The van der Waals surface area contributed by atoms with Crippen molar-refractivity contribution in [1.29, 1.82) is 0 Å². The number of ether oxygens (including phenoxy) is 1. The third kappa shape index (κ3) is 5.80. The maximum absolute atomic E-state index is 11.8. The number of nitrogens with zero attached hydrogens (tertiary/aromatic N) is 1. The fourth-order valence-corrected chi connectivity index (χ4v) is 1.90. The Bertz CT molecular complexity index is 739. The van der Waals surface area contributed by atoms with Crippen LogP contribution in [0.15, 0.2) is 54.6 Å². The highest BCUT2D eigenvalue weighted by atomic mass is 16.9. The Balaban J connectivity index is 1.91. The molecule has 2 aromatic rings. The van der Waals surface area contributed by atoms with Crippen LogP contribution in [0.1, 0.15) is 11.1 Å². The zero-order valence-corrected chi connectivity index (χ0v) is 12.6. The number of benzene rings is 2. The maximum atomic E-state index is 11.8. The van der Waals surface area contributed by atoms with Crippen LogP contribution in [0.4, 0.5) is 0 Å². The molecule has 0 fully saturated rings. The van der Waals surface area contributed by atoms with E-state index in [4.69, 9.17) is 4.74 Å². The molecule has 0 aromatic heterocycles. The van der Waals surface area contributed by atoms with Crippen LogP contribution >= 0.6 is 0 Å². The van der Waals surface area contributed by atoms with Gasteiger partial charge in [-0.25, -0.2) is 4.79 Å². The largest absolute Gasteiger partial charge is 0.508 e. The zero-order valence-electron chi connectivity index (χ0n) is 12.6. The molecule has 0 bridgehead atoms. The number of carbonyl (C=O) groups excluding carboxylic acids is 1. The van der Waals surface area contributed by atoms with Gasteiger partial charge in [-0.2, -0.15) is 0 Å². The Kier molecular flexibility index (Phi) is 5.90. The van der Waals surface area contributed by atoms with Gasteiger partial charge in [0.2, 0.25) is 0 Å². The van der Waals surface area contributed by atoms with E-state index >= 15 is 0 Å².